The van der Waals surface area contributed by atoms with E-state index in [1.807, 2.05) is 36.4 Å². The molecule has 32 heavy (non-hydrogen) atoms. The predicted octanol–water partition coefficient (Wildman–Crippen LogP) is 3.90. The third-order valence-electron chi connectivity index (χ3n) is 6.68. The number of fused-ring (bicyclic) bond motifs is 1. The van der Waals surface area contributed by atoms with E-state index in [0.717, 1.165) is 18.4 Å². The van der Waals surface area contributed by atoms with E-state index < -0.39 is 10.0 Å². The highest BCUT2D eigenvalue weighted by atomic mass is 32.2. The molecule has 1 aliphatic heterocycles. The van der Waals surface area contributed by atoms with Crippen LogP contribution < -0.4 is 5.32 Å². The summed E-state index contributed by atoms with van der Waals surface area (Å²) in [4.78, 5) is 12.9. The minimum atomic E-state index is -3.61. The summed E-state index contributed by atoms with van der Waals surface area (Å²) in [6, 6.07) is 24.5. The van der Waals surface area contributed by atoms with Gasteiger partial charge >= 0.3 is 0 Å². The molecule has 0 saturated heterocycles. The number of amides is 1. The van der Waals surface area contributed by atoms with Crippen LogP contribution in [0.25, 0.3) is 0 Å². The fraction of sp³-hybridized carbons (Fsp3) is 0.269. The van der Waals surface area contributed by atoms with E-state index in [1.54, 1.807) is 12.1 Å². The Kier molecular flexibility index (Phi) is 5.35. The van der Waals surface area contributed by atoms with E-state index in [0.29, 0.717) is 31.6 Å². The molecule has 5 nitrogen and oxygen atoms in total. The highest BCUT2D eigenvalue weighted by molar-refractivity contribution is 7.89. The third-order valence-corrected chi connectivity index (χ3v) is 8.54. The summed E-state index contributed by atoms with van der Waals surface area (Å²) < 4.78 is 27.8. The molecule has 0 radical (unpaired) electrons. The fourth-order valence-electron chi connectivity index (χ4n) is 4.46. The van der Waals surface area contributed by atoms with Gasteiger partial charge in [0.15, 0.2) is 0 Å². The second kappa shape index (κ2) is 8.19. The molecular weight excluding hydrogens is 420 g/mol. The normalized spacial score (nSPS) is 17.4. The van der Waals surface area contributed by atoms with Gasteiger partial charge < -0.3 is 5.32 Å². The van der Waals surface area contributed by atoms with Crippen LogP contribution in [0.4, 0.5) is 0 Å². The van der Waals surface area contributed by atoms with Gasteiger partial charge in [-0.15, -0.1) is 0 Å². The Hall–Kier alpha value is -2.96. The smallest absolute Gasteiger partial charge is 0.251 e. The number of rotatable bonds is 6. The van der Waals surface area contributed by atoms with Crippen molar-refractivity contribution < 1.29 is 13.2 Å². The van der Waals surface area contributed by atoms with Gasteiger partial charge in [-0.3, -0.25) is 4.79 Å². The third kappa shape index (κ3) is 3.96. The van der Waals surface area contributed by atoms with Crippen molar-refractivity contribution in [2.24, 2.45) is 0 Å². The van der Waals surface area contributed by atoms with E-state index in [9.17, 15) is 13.2 Å². The largest absolute Gasteiger partial charge is 0.351 e. The molecule has 0 aromatic heterocycles. The van der Waals surface area contributed by atoms with Crippen molar-refractivity contribution in [2.75, 3.05) is 13.1 Å². The second-order valence-electron chi connectivity index (χ2n) is 8.71. The number of nitrogens with zero attached hydrogens (tertiary/aromatic N) is 1. The second-order valence-corrected chi connectivity index (χ2v) is 10.6. The van der Waals surface area contributed by atoms with Gasteiger partial charge in [0.05, 0.1) is 4.90 Å². The summed E-state index contributed by atoms with van der Waals surface area (Å²) in [5, 5.41) is 3.03. The van der Waals surface area contributed by atoms with Crippen LogP contribution in [0, 0.1) is 0 Å². The molecule has 3 aromatic carbocycles. The van der Waals surface area contributed by atoms with Crippen molar-refractivity contribution in [1.82, 2.24) is 9.62 Å². The zero-order valence-electron chi connectivity index (χ0n) is 17.8. The van der Waals surface area contributed by atoms with E-state index in [2.05, 4.69) is 23.5 Å². The van der Waals surface area contributed by atoms with Crippen LogP contribution >= 0.6 is 0 Å². The average Bonchev–Trinajstić information content (AvgIpc) is 3.64. The number of hydrogen-bond donors (Lipinski definition) is 1. The lowest BCUT2D eigenvalue weighted by Crippen LogP contribution is -2.36. The Labute approximate surface area is 189 Å². The van der Waals surface area contributed by atoms with Crippen LogP contribution in [0.15, 0.2) is 83.8 Å². The monoisotopic (exact) mass is 446 g/mol. The average molecular weight is 447 g/mol. The van der Waals surface area contributed by atoms with E-state index in [4.69, 9.17) is 0 Å². The lowest BCUT2D eigenvalue weighted by Gasteiger charge is -2.28. The van der Waals surface area contributed by atoms with Gasteiger partial charge in [-0.25, -0.2) is 8.42 Å². The molecule has 0 unspecified atom stereocenters. The number of carbonyl (C=O) groups excluding carboxylic acids is 1. The molecule has 1 saturated carbocycles. The van der Waals surface area contributed by atoms with Crippen molar-refractivity contribution in [3.63, 3.8) is 0 Å². The molecule has 6 heteroatoms. The van der Waals surface area contributed by atoms with E-state index in [-0.39, 0.29) is 16.2 Å². The summed E-state index contributed by atoms with van der Waals surface area (Å²) >= 11 is 0. The Morgan fingerprint density at radius 3 is 2.22 bits per heavy atom. The Bertz CT molecular complexity index is 1230. The number of benzene rings is 3. The van der Waals surface area contributed by atoms with Gasteiger partial charge in [0.2, 0.25) is 10.0 Å². The maximum atomic E-state index is 13.1. The Morgan fingerprint density at radius 1 is 0.875 bits per heavy atom. The lowest BCUT2D eigenvalue weighted by atomic mass is 9.96. The fourth-order valence-corrected chi connectivity index (χ4v) is 5.88. The van der Waals surface area contributed by atoms with Gasteiger partial charge in [0, 0.05) is 30.6 Å². The molecule has 5 rings (SSSR count). The first-order valence-corrected chi connectivity index (χ1v) is 12.4. The lowest BCUT2D eigenvalue weighted by molar-refractivity contribution is 0.0949. The van der Waals surface area contributed by atoms with Crippen molar-refractivity contribution in [3.8, 4) is 0 Å². The summed E-state index contributed by atoms with van der Waals surface area (Å²) in [5.41, 5.74) is 4.01. The minimum Gasteiger partial charge on any atom is -0.351 e. The number of carbonyl (C=O) groups is 1. The van der Waals surface area contributed by atoms with Gasteiger partial charge in [-0.1, -0.05) is 54.6 Å². The van der Waals surface area contributed by atoms with Crippen LogP contribution in [0.2, 0.25) is 0 Å². The topological polar surface area (TPSA) is 66.5 Å². The summed E-state index contributed by atoms with van der Waals surface area (Å²) in [7, 11) is -3.61. The maximum Gasteiger partial charge on any atom is 0.251 e. The zero-order chi connectivity index (χ0) is 22.2. The molecule has 0 atom stereocenters. The summed E-state index contributed by atoms with van der Waals surface area (Å²) in [6.07, 6.45) is 2.83. The summed E-state index contributed by atoms with van der Waals surface area (Å²) in [6.45, 7) is 1.43. The quantitative estimate of drug-likeness (QED) is 0.625. The Morgan fingerprint density at radius 2 is 1.53 bits per heavy atom. The standard InChI is InChI=1S/C26H26N2O3S/c29-25(27-19-26(15-16-26)23-8-2-1-3-9-23)21-10-12-24(13-11-21)32(30,31)28-17-14-20-6-4-5-7-22(20)18-28/h1-13H,14-19H2,(H,27,29). The molecule has 1 heterocycles. The maximum absolute atomic E-state index is 13.1. The Balaban J connectivity index is 1.25. The van der Waals surface area contributed by atoms with Crippen molar-refractivity contribution >= 4 is 15.9 Å². The molecule has 2 aliphatic rings. The zero-order valence-corrected chi connectivity index (χ0v) is 18.6. The molecule has 0 spiro atoms. The van der Waals surface area contributed by atoms with E-state index >= 15 is 0 Å². The SMILES string of the molecule is O=C(NCC1(c2ccccc2)CC1)c1ccc(S(=O)(=O)N2CCc3ccccc3C2)cc1. The van der Waals surface area contributed by atoms with Crippen molar-refractivity contribution in [1.29, 1.82) is 0 Å². The number of sulfonamides is 1. The van der Waals surface area contributed by atoms with Crippen LogP contribution in [0.5, 0.6) is 0 Å². The van der Waals surface area contributed by atoms with Gasteiger partial charge in [-0.05, 0) is 60.2 Å². The van der Waals surface area contributed by atoms with E-state index in [1.165, 1.54) is 27.6 Å². The van der Waals surface area contributed by atoms with Crippen LogP contribution in [0.1, 0.15) is 39.9 Å². The first-order chi connectivity index (χ1) is 15.5. The van der Waals surface area contributed by atoms with Crippen LogP contribution in [-0.2, 0) is 28.4 Å². The minimum absolute atomic E-state index is 0.0325. The first kappa shape index (κ1) is 20.9. The van der Waals surface area contributed by atoms with Gasteiger partial charge in [-0.2, -0.15) is 4.31 Å². The van der Waals surface area contributed by atoms with Crippen LogP contribution in [-0.4, -0.2) is 31.7 Å². The van der Waals surface area contributed by atoms with Gasteiger partial charge in [0.25, 0.3) is 5.91 Å². The van der Waals surface area contributed by atoms with Crippen molar-refractivity contribution in [2.45, 2.75) is 36.1 Å². The highest BCUT2D eigenvalue weighted by Gasteiger charge is 2.44. The highest BCUT2D eigenvalue weighted by Crippen LogP contribution is 2.47. The van der Waals surface area contributed by atoms with Crippen LogP contribution in [0.3, 0.4) is 0 Å². The molecule has 1 fully saturated rings. The molecular formula is C26H26N2O3S. The predicted molar refractivity (Wildman–Crippen MR) is 124 cm³/mol. The number of nitrogens with one attached hydrogen (secondary N) is 1. The molecule has 3 aromatic rings. The molecule has 1 N–H and O–H groups in total. The molecule has 164 valence electrons. The first-order valence-electron chi connectivity index (χ1n) is 11.0. The molecule has 1 aliphatic carbocycles. The van der Waals surface area contributed by atoms with Gasteiger partial charge in [0.1, 0.15) is 0 Å². The number of hydrogen-bond acceptors (Lipinski definition) is 3. The molecule has 1 amide bonds. The van der Waals surface area contributed by atoms with Crippen molar-refractivity contribution in [3.05, 3.63) is 101 Å². The molecule has 0 bridgehead atoms. The summed E-state index contributed by atoms with van der Waals surface area (Å²) in [5.74, 6) is -0.178.